The predicted molar refractivity (Wildman–Crippen MR) is 101 cm³/mol. The van der Waals surface area contributed by atoms with Gasteiger partial charge in [-0.3, -0.25) is 0 Å². The Labute approximate surface area is 149 Å². The minimum atomic E-state index is 0.0864. The summed E-state index contributed by atoms with van der Waals surface area (Å²) in [6.07, 6.45) is 6.76. The van der Waals surface area contributed by atoms with Crippen LogP contribution in [0.5, 0.6) is 11.5 Å². The molecule has 0 amide bonds. The summed E-state index contributed by atoms with van der Waals surface area (Å²) in [6, 6.07) is 3.32. The molecule has 1 aromatic heterocycles. The number of benzene rings is 1. The standard InChI is InChI=1S/C21H27NO3/c1-13(2)7-6-8-14(3)9-10-18-19(23)11-17(12-20(18)24)21-15(4)22-25-16(21)5/h7,9,11-12,23-24H,6,8,10H2,1-5H3/b14-9+. The van der Waals surface area contributed by atoms with E-state index in [0.29, 0.717) is 23.3 Å². The van der Waals surface area contributed by atoms with Crippen molar-refractivity contribution in [3.8, 4) is 22.6 Å². The van der Waals surface area contributed by atoms with Gasteiger partial charge in [-0.15, -0.1) is 0 Å². The number of rotatable bonds is 6. The molecule has 4 nitrogen and oxygen atoms in total. The highest BCUT2D eigenvalue weighted by atomic mass is 16.5. The van der Waals surface area contributed by atoms with E-state index in [9.17, 15) is 10.2 Å². The van der Waals surface area contributed by atoms with Gasteiger partial charge in [-0.25, -0.2) is 0 Å². The van der Waals surface area contributed by atoms with Crippen LogP contribution < -0.4 is 0 Å². The number of nitrogens with zero attached hydrogens (tertiary/aromatic N) is 1. The largest absolute Gasteiger partial charge is 0.507 e. The van der Waals surface area contributed by atoms with Gasteiger partial charge in [0, 0.05) is 11.1 Å². The first-order valence-electron chi connectivity index (χ1n) is 8.56. The maximum Gasteiger partial charge on any atom is 0.141 e. The Morgan fingerprint density at radius 2 is 1.72 bits per heavy atom. The summed E-state index contributed by atoms with van der Waals surface area (Å²) in [4.78, 5) is 0. The Kier molecular flexibility index (Phi) is 6.07. The van der Waals surface area contributed by atoms with Crippen LogP contribution in [0.2, 0.25) is 0 Å². The van der Waals surface area contributed by atoms with Crippen molar-refractivity contribution in [3.63, 3.8) is 0 Å². The normalized spacial score (nSPS) is 11.6. The second-order valence-corrected chi connectivity index (χ2v) is 6.77. The van der Waals surface area contributed by atoms with E-state index < -0.39 is 0 Å². The van der Waals surface area contributed by atoms with Crippen LogP contribution in [-0.2, 0) is 6.42 Å². The van der Waals surface area contributed by atoms with Gasteiger partial charge in [0.25, 0.3) is 0 Å². The molecule has 0 aliphatic rings. The van der Waals surface area contributed by atoms with Gasteiger partial charge in [0.15, 0.2) is 0 Å². The molecule has 0 bridgehead atoms. The molecule has 0 radical (unpaired) electrons. The fraction of sp³-hybridized carbons (Fsp3) is 0.381. The second-order valence-electron chi connectivity index (χ2n) is 6.77. The molecule has 0 saturated heterocycles. The number of hydrogen-bond acceptors (Lipinski definition) is 4. The van der Waals surface area contributed by atoms with Crippen molar-refractivity contribution in [2.75, 3.05) is 0 Å². The lowest BCUT2D eigenvalue weighted by molar-refractivity contribution is 0.393. The van der Waals surface area contributed by atoms with Crippen LogP contribution in [0.1, 0.15) is 50.6 Å². The monoisotopic (exact) mass is 341 g/mol. The van der Waals surface area contributed by atoms with E-state index in [1.165, 1.54) is 11.1 Å². The molecule has 1 aromatic carbocycles. The smallest absolute Gasteiger partial charge is 0.141 e. The Balaban J connectivity index is 2.19. The van der Waals surface area contributed by atoms with Gasteiger partial charge in [-0.1, -0.05) is 28.5 Å². The van der Waals surface area contributed by atoms with Gasteiger partial charge in [-0.2, -0.15) is 0 Å². The van der Waals surface area contributed by atoms with Crippen LogP contribution >= 0.6 is 0 Å². The average molecular weight is 341 g/mol. The van der Waals surface area contributed by atoms with Crippen molar-refractivity contribution >= 4 is 0 Å². The molecule has 0 spiro atoms. The van der Waals surface area contributed by atoms with Gasteiger partial charge in [0.2, 0.25) is 0 Å². The first-order chi connectivity index (χ1) is 11.8. The fourth-order valence-electron chi connectivity index (χ4n) is 2.86. The van der Waals surface area contributed by atoms with E-state index >= 15 is 0 Å². The number of aromatic hydroxyl groups is 2. The minimum absolute atomic E-state index is 0.0864. The van der Waals surface area contributed by atoms with Crippen LogP contribution in [0.15, 0.2) is 40.0 Å². The van der Waals surface area contributed by atoms with Crippen molar-refractivity contribution in [2.24, 2.45) is 0 Å². The summed E-state index contributed by atoms with van der Waals surface area (Å²) in [5.74, 6) is 0.839. The molecule has 2 rings (SSSR count). The minimum Gasteiger partial charge on any atom is -0.507 e. The molecular formula is C21H27NO3. The van der Waals surface area contributed by atoms with E-state index in [0.717, 1.165) is 24.1 Å². The number of aryl methyl sites for hydroxylation is 2. The molecular weight excluding hydrogens is 314 g/mol. The van der Waals surface area contributed by atoms with Gasteiger partial charge < -0.3 is 14.7 Å². The third-order valence-corrected chi connectivity index (χ3v) is 4.27. The van der Waals surface area contributed by atoms with Crippen LogP contribution in [0.3, 0.4) is 0 Å². The highest BCUT2D eigenvalue weighted by Crippen LogP contribution is 2.36. The van der Waals surface area contributed by atoms with Crippen LogP contribution in [0.25, 0.3) is 11.1 Å². The quantitative estimate of drug-likeness (QED) is 0.671. The highest BCUT2D eigenvalue weighted by Gasteiger charge is 2.16. The lowest BCUT2D eigenvalue weighted by Gasteiger charge is -2.09. The van der Waals surface area contributed by atoms with Gasteiger partial charge in [0.05, 0.1) is 5.69 Å². The van der Waals surface area contributed by atoms with E-state index in [1.807, 2.05) is 13.8 Å². The molecule has 0 unspecified atom stereocenters. The average Bonchev–Trinajstić information content (AvgIpc) is 2.84. The van der Waals surface area contributed by atoms with Crippen molar-refractivity contribution in [1.29, 1.82) is 0 Å². The number of hydrogen-bond donors (Lipinski definition) is 2. The van der Waals surface area contributed by atoms with Crippen molar-refractivity contribution in [1.82, 2.24) is 5.16 Å². The molecule has 0 saturated carbocycles. The van der Waals surface area contributed by atoms with E-state index in [2.05, 4.69) is 38.1 Å². The first kappa shape index (κ1) is 18.8. The highest BCUT2D eigenvalue weighted by molar-refractivity contribution is 5.72. The summed E-state index contributed by atoms with van der Waals surface area (Å²) >= 11 is 0. The Morgan fingerprint density at radius 3 is 2.24 bits per heavy atom. The topological polar surface area (TPSA) is 66.5 Å². The van der Waals surface area contributed by atoms with E-state index in [-0.39, 0.29) is 11.5 Å². The molecule has 134 valence electrons. The molecule has 1 heterocycles. The Morgan fingerprint density at radius 1 is 1.08 bits per heavy atom. The number of aromatic nitrogens is 1. The molecule has 25 heavy (non-hydrogen) atoms. The summed E-state index contributed by atoms with van der Waals surface area (Å²) in [6.45, 7) is 9.92. The molecule has 4 heteroatoms. The molecule has 0 aliphatic heterocycles. The van der Waals surface area contributed by atoms with Crippen molar-refractivity contribution in [3.05, 3.63) is 52.4 Å². The molecule has 2 aromatic rings. The molecule has 2 N–H and O–H groups in total. The zero-order valence-corrected chi connectivity index (χ0v) is 15.7. The maximum atomic E-state index is 10.4. The zero-order chi connectivity index (χ0) is 18.6. The number of phenols is 2. The zero-order valence-electron chi connectivity index (χ0n) is 15.7. The van der Waals surface area contributed by atoms with Crippen LogP contribution in [0.4, 0.5) is 0 Å². The lowest BCUT2D eigenvalue weighted by atomic mass is 9.98. The molecule has 0 fully saturated rings. The summed E-state index contributed by atoms with van der Waals surface area (Å²) in [5.41, 5.74) is 5.35. The first-order valence-corrected chi connectivity index (χ1v) is 8.56. The third kappa shape index (κ3) is 4.75. The van der Waals surface area contributed by atoms with E-state index in [4.69, 9.17) is 4.52 Å². The third-order valence-electron chi connectivity index (χ3n) is 4.27. The molecule has 0 atom stereocenters. The van der Waals surface area contributed by atoms with Crippen molar-refractivity contribution in [2.45, 2.75) is 53.9 Å². The van der Waals surface area contributed by atoms with Gasteiger partial charge in [0.1, 0.15) is 17.3 Å². The summed E-state index contributed by atoms with van der Waals surface area (Å²) in [5, 5.41) is 24.7. The van der Waals surface area contributed by atoms with E-state index in [1.54, 1.807) is 12.1 Å². The van der Waals surface area contributed by atoms with Crippen molar-refractivity contribution < 1.29 is 14.7 Å². The van der Waals surface area contributed by atoms with Gasteiger partial charge >= 0.3 is 0 Å². The van der Waals surface area contributed by atoms with Crippen LogP contribution in [-0.4, -0.2) is 15.4 Å². The summed E-state index contributed by atoms with van der Waals surface area (Å²) < 4.78 is 5.17. The second kappa shape index (κ2) is 8.06. The summed E-state index contributed by atoms with van der Waals surface area (Å²) in [7, 11) is 0. The predicted octanol–water partition coefficient (Wildman–Crippen LogP) is 5.60. The maximum absolute atomic E-state index is 10.4. The number of phenolic OH excluding ortho intramolecular Hbond substituents is 2. The SMILES string of the molecule is CC(C)=CCC/C(C)=C/Cc1c(O)cc(-c2c(C)noc2C)cc1O. The van der Waals surface area contributed by atoms with Crippen LogP contribution in [0, 0.1) is 13.8 Å². The molecule has 0 aliphatic carbocycles. The number of allylic oxidation sites excluding steroid dienone is 4. The Bertz CT molecular complexity index is 766. The Hall–Kier alpha value is -2.49. The van der Waals surface area contributed by atoms with Gasteiger partial charge in [-0.05, 0) is 71.6 Å². The lowest BCUT2D eigenvalue weighted by Crippen LogP contribution is -1.89. The fourth-order valence-corrected chi connectivity index (χ4v) is 2.86.